The molecule has 0 spiro atoms. The van der Waals surface area contributed by atoms with E-state index in [-0.39, 0.29) is 11.9 Å². The van der Waals surface area contributed by atoms with Gasteiger partial charge in [0, 0.05) is 16.9 Å². The van der Waals surface area contributed by atoms with Crippen LogP contribution in [0, 0.1) is 24.1 Å². The SMILES string of the molecule is Cc1c(F)cc(C#N)cc1NC1CCc2cc(N)ccc21. The topological polar surface area (TPSA) is 61.8 Å². The van der Waals surface area contributed by atoms with Crippen molar-refractivity contribution in [1.82, 2.24) is 0 Å². The number of anilines is 2. The maximum absolute atomic E-state index is 13.8. The van der Waals surface area contributed by atoms with E-state index in [0.717, 1.165) is 18.5 Å². The summed E-state index contributed by atoms with van der Waals surface area (Å²) in [6.07, 6.45) is 1.90. The van der Waals surface area contributed by atoms with Gasteiger partial charge in [0.1, 0.15) is 5.82 Å². The number of nitrogens with two attached hydrogens (primary N) is 1. The molecule has 0 bridgehead atoms. The average molecular weight is 281 g/mol. The van der Waals surface area contributed by atoms with E-state index in [0.29, 0.717) is 16.8 Å². The molecule has 3 N–H and O–H groups in total. The smallest absolute Gasteiger partial charge is 0.129 e. The summed E-state index contributed by atoms with van der Waals surface area (Å²) in [7, 11) is 0. The molecule has 1 aliphatic carbocycles. The van der Waals surface area contributed by atoms with E-state index in [9.17, 15) is 4.39 Å². The fourth-order valence-corrected chi connectivity index (χ4v) is 2.87. The summed E-state index contributed by atoms with van der Waals surface area (Å²) in [6.45, 7) is 1.72. The Morgan fingerprint density at radius 2 is 2.14 bits per heavy atom. The van der Waals surface area contributed by atoms with Gasteiger partial charge in [-0.25, -0.2) is 4.39 Å². The summed E-state index contributed by atoms with van der Waals surface area (Å²) in [4.78, 5) is 0. The van der Waals surface area contributed by atoms with E-state index in [1.165, 1.54) is 17.2 Å². The van der Waals surface area contributed by atoms with E-state index in [1.807, 2.05) is 24.3 Å². The van der Waals surface area contributed by atoms with Crippen molar-refractivity contribution in [2.24, 2.45) is 0 Å². The summed E-state index contributed by atoms with van der Waals surface area (Å²) in [5.41, 5.74) is 10.6. The van der Waals surface area contributed by atoms with Gasteiger partial charge in [0.15, 0.2) is 0 Å². The minimum absolute atomic E-state index is 0.132. The number of fused-ring (bicyclic) bond motifs is 1. The Bertz CT molecular complexity index is 746. The number of hydrogen-bond acceptors (Lipinski definition) is 3. The summed E-state index contributed by atoms with van der Waals surface area (Å²) in [6, 6.07) is 11.0. The van der Waals surface area contributed by atoms with Gasteiger partial charge in [0.05, 0.1) is 17.7 Å². The molecule has 3 nitrogen and oxygen atoms in total. The van der Waals surface area contributed by atoms with Crippen molar-refractivity contribution in [2.45, 2.75) is 25.8 Å². The predicted octanol–water partition coefficient (Wildman–Crippen LogP) is 3.69. The fourth-order valence-electron chi connectivity index (χ4n) is 2.87. The van der Waals surface area contributed by atoms with Crippen molar-refractivity contribution in [3.05, 3.63) is 58.4 Å². The van der Waals surface area contributed by atoms with Crippen molar-refractivity contribution in [3.8, 4) is 6.07 Å². The normalized spacial score (nSPS) is 16.3. The maximum atomic E-state index is 13.8. The Balaban J connectivity index is 1.93. The molecule has 4 heteroatoms. The molecule has 0 heterocycles. The Kier molecular flexibility index (Phi) is 3.26. The third-order valence-electron chi connectivity index (χ3n) is 4.05. The Labute approximate surface area is 123 Å². The van der Waals surface area contributed by atoms with Crippen LogP contribution in [0.25, 0.3) is 0 Å². The number of halogens is 1. The van der Waals surface area contributed by atoms with Gasteiger partial charge in [0.25, 0.3) is 0 Å². The minimum atomic E-state index is -0.355. The number of nitrogen functional groups attached to an aromatic ring is 1. The molecule has 21 heavy (non-hydrogen) atoms. The van der Waals surface area contributed by atoms with Crippen LogP contribution in [0.1, 0.15) is 34.7 Å². The zero-order valence-corrected chi connectivity index (χ0v) is 11.8. The maximum Gasteiger partial charge on any atom is 0.129 e. The zero-order chi connectivity index (χ0) is 15.0. The molecule has 106 valence electrons. The summed E-state index contributed by atoms with van der Waals surface area (Å²) in [5.74, 6) is -0.355. The number of nitriles is 1. The molecule has 2 aromatic carbocycles. The Hall–Kier alpha value is -2.54. The first-order valence-electron chi connectivity index (χ1n) is 6.93. The third kappa shape index (κ3) is 2.43. The van der Waals surface area contributed by atoms with Crippen molar-refractivity contribution in [1.29, 1.82) is 5.26 Å². The van der Waals surface area contributed by atoms with E-state index < -0.39 is 0 Å². The fraction of sp³-hybridized carbons (Fsp3) is 0.235. The van der Waals surface area contributed by atoms with Gasteiger partial charge in [-0.15, -0.1) is 0 Å². The van der Waals surface area contributed by atoms with Gasteiger partial charge in [0.2, 0.25) is 0 Å². The molecule has 0 saturated heterocycles. The summed E-state index contributed by atoms with van der Waals surface area (Å²) in [5, 5.41) is 12.3. The lowest BCUT2D eigenvalue weighted by Crippen LogP contribution is -2.09. The first kappa shape index (κ1) is 13.4. The van der Waals surface area contributed by atoms with E-state index in [1.54, 1.807) is 13.0 Å². The first-order chi connectivity index (χ1) is 10.1. The lowest BCUT2D eigenvalue weighted by atomic mass is 10.1. The number of hydrogen-bond donors (Lipinski definition) is 2. The first-order valence-corrected chi connectivity index (χ1v) is 6.93. The van der Waals surface area contributed by atoms with Gasteiger partial charge in [-0.3, -0.25) is 0 Å². The van der Waals surface area contributed by atoms with E-state index >= 15 is 0 Å². The molecule has 1 atom stereocenters. The molecule has 1 unspecified atom stereocenters. The Morgan fingerprint density at radius 1 is 1.33 bits per heavy atom. The highest BCUT2D eigenvalue weighted by molar-refractivity contribution is 5.58. The zero-order valence-electron chi connectivity index (χ0n) is 11.8. The van der Waals surface area contributed by atoms with Crippen LogP contribution in [0.3, 0.4) is 0 Å². The van der Waals surface area contributed by atoms with Crippen molar-refractivity contribution in [3.63, 3.8) is 0 Å². The lowest BCUT2D eigenvalue weighted by molar-refractivity contribution is 0.617. The Morgan fingerprint density at radius 3 is 2.90 bits per heavy atom. The molecular formula is C17H16FN3. The molecule has 0 saturated carbocycles. The second-order valence-corrected chi connectivity index (χ2v) is 5.44. The van der Waals surface area contributed by atoms with Gasteiger partial charge in [-0.2, -0.15) is 5.26 Å². The molecule has 3 rings (SSSR count). The quantitative estimate of drug-likeness (QED) is 0.825. The van der Waals surface area contributed by atoms with Crippen LogP contribution in [0.2, 0.25) is 0 Å². The lowest BCUT2D eigenvalue weighted by Gasteiger charge is -2.18. The number of aryl methyl sites for hydroxylation is 1. The van der Waals surface area contributed by atoms with Gasteiger partial charge in [-0.1, -0.05) is 6.07 Å². The predicted molar refractivity (Wildman–Crippen MR) is 81.4 cm³/mol. The standard InChI is InChI=1S/C17H16FN3/c1-10-15(18)6-11(9-19)7-17(10)21-16-5-2-12-8-13(20)3-4-14(12)16/h3-4,6-8,16,21H,2,5,20H2,1H3. The number of rotatable bonds is 2. The molecule has 1 aliphatic rings. The average Bonchev–Trinajstić information content (AvgIpc) is 2.85. The van der Waals surface area contributed by atoms with Crippen LogP contribution >= 0.6 is 0 Å². The van der Waals surface area contributed by atoms with E-state index in [4.69, 9.17) is 11.0 Å². The molecule has 0 aliphatic heterocycles. The van der Waals surface area contributed by atoms with Crippen molar-refractivity contribution in [2.75, 3.05) is 11.1 Å². The molecule has 0 amide bonds. The highest BCUT2D eigenvalue weighted by Crippen LogP contribution is 2.36. The second-order valence-electron chi connectivity index (χ2n) is 5.44. The summed E-state index contributed by atoms with van der Waals surface area (Å²) < 4.78 is 13.8. The molecular weight excluding hydrogens is 265 g/mol. The second kappa shape index (κ2) is 5.10. The van der Waals surface area contributed by atoms with Crippen molar-refractivity contribution < 1.29 is 4.39 Å². The minimum Gasteiger partial charge on any atom is -0.399 e. The largest absolute Gasteiger partial charge is 0.399 e. The van der Waals surface area contributed by atoms with Crippen LogP contribution in [0.4, 0.5) is 15.8 Å². The summed E-state index contributed by atoms with van der Waals surface area (Å²) >= 11 is 0. The number of benzene rings is 2. The van der Waals surface area contributed by atoms with Crippen LogP contribution in [0.15, 0.2) is 30.3 Å². The number of nitrogens with zero attached hydrogens (tertiary/aromatic N) is 1. The van der Waals surface area contributed by atoms with Crippen LogP contribution in [0.5, 0.6) is 0 Å². The van der Waals surface area contributed by atoms with E-state index in [2.05, 4.69) is 5.32 Å². The van der Waals surface area contributed by atoms with Crippen molar-refractivity contribution >= 4 is 11.4 Å². The molecule has 2 aromatic rings. The van der Waals surface area contributed by atoms with Crippen LogP contribution in [-0.4, -0.2) is 0 Å². The highest BCUT2D eigenvalue weighted by atomic mass is 19.1. The molecule has 0 fully saturated rings. The van der Waals surface area contributed by atoms with Crippen LogP contribution < -0.4 is 11.1 Å². The molecule has 0 radical (unpaired) electrons. The number of nitrogens with one attached hydrogen (secondary N) is 1. The molecule has 0 aromatic heterocycles. The van der Waals surface area contributed by atoms with Crippen LogP contribution in [-0.2, 0) is 6.42 Å². The highest BCUT2D eigenvalue weighted by Gasteiger charge is 2.23. The monoisotopic (exact) mass is 281 g/mol. The van der Waals surface area contributed by atoms with Gasteiger partial charge < -0.3 is 11.1 Å². The third-order valence-corrected chi connectivity index (χ3v) is 4.05. The van der Waals surface area contributed by atoms with Gasteiger partial charge >= 0.3 is 0 Å². The van der Waals surface area contributed by atoms with Gasteiger partial charge in [-0.05, 0) is 55.2 Å².